The van der Waals surface area contributed by atoms with Gasteiger partial charge in [-0.25, -0.2) is 4.98 Å². The second kappa shape index (κ2) is 7.53. The zero-order valence-electron chi connectivity index (χ0n) is 12.9. The molecule has 1 aromatic carbocycles. The lowest BCUT2D eigenvalue weighted by Crippen LogP contribution is -2.27. The van der Waals surface area contributed by atoms with Crippen molar-refractivity contribution in [2.24, 2.45) is 0 Å². The molecule has 0 aliphatic rings. The van der Waals surface area contributed by atoms with Crippen LogP contribution in [0.2, 0.25) is 0 Å². The van der Waals surface area contributed by atoms with Gasteiger partial charge in [0.05, 0.1) is 22.0 Å². The Morgan fingerprint density at radius 3 is 2.74 bits per heavy atom. The van der Waals surface area contributed by atoms with Gasteiger partial charge in [-0.1, -0.05) is 36.4 Å². The fourth-order valence-corrected chi connectivity index (χ4v) is 4.15. The number of hydrogen-bond donors (Lipinski definition) is 1. The molecule has 118 valence electrons. The predicted octanol–water partition coefficient (Wildman–Crippen LogP) is 4.08. The van der Waals surface area contributed by atoms with E-state index in [-0.39, 0.29) is 5.91 Å². The molecule has 2 heterocycles. The molecule has 1 N–H and O–H groups in total. The maximum atomic E-state index is 12.2. The minimum absolute atomic E-state index is 0.0578. The molecule has 3 aromatic rings. The minimum atomic E-state index is 0.0578. The number of thiophene rings is 1. The highest BCUT2D eigenvalue weighted by atomic mass is 32.1. The highest BCUT2D eigenvalue weighted by Gasteiger charge is 2.15. The largest absolute Gasteiger partial charge is 0.355 e. The molecule has 2 aromatic heterocycles. The molecular weight excluding hydrogens is 324 g/mol. The number of amides is 1. The maximum absolute atomic E-state index is 12.2. The van der Waals surface area contributed by atoms with Crippen LogP contribution in [0.3, 0.4) is 0 Å². The molecular formula is C18H18N2OS2. The van der Waals surface area contributed by atoms with Crippen LogP contribution in [0, 0.1) is 6.92 Å². The number of carbonyl (C=O) groups is 1. The molecule has 0 bridgehead atoms. The molecule has 0 saturated carbocycles. The van der Waals surface area contributed by atoms with Crippen LogP contribution in [0.4, 0.5) is 0 Å². The number of nitrogens with one attached hydrogen (secondary N) is 1. The first kappa shape index (κ1) is 15.9. The minimum Gasteiger partial charge on any atom is -0.355 e. The quantitative estimate of drug-likeness (QED) is 0.733. The summed E-state index contributed by atoms with van der Waals surface area (Å²) in [6, 6.07) is 14.3. The number of benzene rings is 1. The molecule has 1 amide bonds. The van der Waals surface area contributed by atoms with E-state index in [9.17, 15) is 4.79 Å². The van der Waals surface area contributed by atoms with E-state index in [1.165, 1.54) is 5.56 Å². The first-order valence-corrected chi connectivity index (χ1v) is 9.23. The van der Waals surface area contributed by atoms with Crippen LogP contribution < -0.4 is 5.32 Å². The standard InChI is InChI=1S/C18H18N2OS2/c1-13-20-18(15-8-5-11-22-15)16(23-13)12-17(21)19-10-9-14-6-3-2-4-7-14/h2-8,11H,9-10,12H2,1H3,(H,19,21). The van der Waals surface area contributed by atoms with Crippen molar-refractivity contribution in [3.8, 4) is 10.6 Å². The van der Waals surface area contributed by atoms with Crippen LogP contribution in [-0.2, 0) is 17.6 Å². The maximum Gasteiger partial charge on any atom is 0.225 e. The molecule has 0 fully saturated rings. The Bertz CT molecular complexity index is 764. The van der Waals surface area contributed by atoms with E-state index in [1.807, 2.05) is 36.6 Å². The van der Waals surface area contributed by atoms with E-state index in [2.05, 4.69) is 28.5 Å². The van der Waals surface area contributed by atoms with Gasteiger partial charge in [0.1, 0.15) is 0 Å². The third kappa shape index (κ3) is 4.27. The SMILES string of the molecule is Cc1nc(-c2cccs2)c(CC(=O)NCCc2ccccc2)s1. The second-order valence-electron chi connectivity index (χ2n) is 5.24. The molecule has 0 saturated heterocycles. The van der Waals surface area contributed by atoms with Gasteiger partial charge in [0.2, 0.25) is 5.91 Å². The van der Waals surface area contributed by atoms with Crippen molar-refractivity contribution < 1.29 is 4.79 Å². The third-order valence-electron chi connectivity index (χ3n) is 3.46. The van der Waals surface area contributed by atoms with E-state index in [4.69, 9.17) is 0 Å². The first-order valence-electron chi connectivity index (χ1n) is 7.53. The Balaban J connectivity index is 1.58. The Morgan fingerprint density at radius 2 is 2.00 bits per heavy atom. The number of hydrogen-bond acceptors (Lipinski definition) is 4. The first-order chi connectivity index (χ1) is 11.2. The Labute approximate surface area is 144 Å². The summed E-state index contributed by atoms with van der Waals surface area (Å²) >= 11 is 3.26. The van der Waals surface area contributed by atoms with Crippen molar-refractivity contribution in [2.75, 3.05) is 6.54 Å². The highest BCUT2D eigenvalue weighted by Crippen LogP contribution is 2.31. The summed E-state index contributed by atoms with van der Waals surface area (Å²) in [6.45, 7) is 2.65. The lowest BCUT2D eigenvalue weighted by molar-refractivity contribution is -0.120. The second-order valence-corrected chi connectivity index (χ2v) is 7.48. The number of rotatable bonds is 6. The van der Waals surface area contributed by atoms with Crippen molar-refractivity contribution in [3.63, 3.8) is 0 Å². The topological polar surface area (TPSA) is 42.0 Å². The zero-order valence-corrected chi connectivity index (χ0v) is 14.5. The van der Waals surface area contributed by atoms with Crippen LogP contribution in [0.1, 0.15) is 15.4 Å². The molecule has 23 heavy (non-hydrogen) atoms. The fraction of sp³-hybridized carbons (Fsp3) is 0.222. The Kier molecular flexibility index (Phi) is 5.20. The summed E-state index contributed by atoms with van der Waals surface area (Å²) < 4.78 is 0. The molecule has 0 spiro atoms. The number of aryl methyl sites for hydroxylation is 1. The molecule has 3 rings (SSSR count). The van der Waals surface area contributed by atoms with Crippen LogP contribution in [0.15, 0.2) is 47.8 Å². The number of thiazole rings is 1. The van der Waals surface area contributed by atoms with Crippen LogP contribution in [0.25, 0.3) is 10.6 Å². The molecule has 5 heteroatoms. The summed E-state index contributed by atoms with van der Waals surface area (Å²) in [5.41, 5.74) is 2.20. The molecule has 0 radical (unpaired) electrons. The molecule has 0 atom stereocenters. The molecule has 0 aliphatic carbocycles. The van der Waals surface area contributed by atoms with Crippen molar-refractivity contribution in [2.45, 2.75) is 19.8 Å². The number of nitrogens with zero attached hydrogens (tertiary/aromatic N) is 1. The van der Waals surface area contributed by atoms with Gasteiger partial charge in [-0.3, -0.25) is 4.79 Å². The zero-order chi connectivity index (χ0) is 16.1. The summed E-state index contributed by atoms with van der Waals surface area (Å²) in [7, 11) is 0. The summed E-state index contributed by atoms with van der Waals surface area (Å²) in [5, 5.41) is 6.04. The Morgan fingerprint density at radius 1 is 1.17 bits per heavy atom. The van der Waals surface area contributed by atoms with Gasteiger partial charge in [-0.2, -0.15) is 0 Å². The average molecular weight is 342 g/mol. The average Bonchev–Trinajstić information content (AvgIpc) is 3.18. The normalized spacial score (nSPS) is 10.7. The lowest BCUT2D eigenvalue weighted by Gasteiger charge is -2.05. The Hall–Kier alpha value is -1.98. The monoisotopic (exact) mass is 342 g/mol. The van der Waals surface area contributed by atoms with Crippen molar-refractivity contribution in [1.82, 2.24) is 10.3 Å². The highest BCUT2D eigenvalue weighted by molar-refractivity contribution is 7.15. The van der Waals surface area contributed by atoms with Crippen LogP contribution in [-0.4, -0.2) is 17.4 Å². The van der Waals surface area contributed by atoms with Gasteiger partial charge in [-0.05, 0) is 30.4 Å². The van der Waals surface area contributed by atoms with Crippen LogP contribution in [0.5, 0.6) is 0 Å². The molecule has 0 unspecified atom stereocenters. The van der Waals surface area contributed by atoms with E-state index in [0.717, 1.165) is 26.9 Å². The van der Waals surface area contributed by atoms with Gasteiger partial charge in [0.15, 0.2) is 0 Å². The van der Waals surface area contributed by atoms with Gasteiger partial charge >= 0.3 is 0 Å². The number of aromatic nitrogens is 1. The smallest absolute Gasteiger partial charge is 0.225 e. The number of carbonyl (C=O) groups excluding carboxylic acids is 1. The van der Waals surface area contributed by atoms with Crippen molar-refractivity contribution >= 4 is 28.6 Å². The van der Waals surface area contributed by atoms with Gasteiger partial charge in [0, 0.05) is 11.4 Å². The summed E-state index contributed by atoms with van der Waals surface area (Å²) in [4.78, 5) is 19.0. The van der Waals surface area contributed by atoms with Crippen molar-refractivity contribution in [3.05, 3.63) is 63.3 Å². The van der Waals surface area contributed by atoms with Gasteiger partial charge in [-0.15, -0.1) is 22.7 Å². The molecule has 3 nitrogen and oxygen atoms in total. The summed E-state index contributed by atoms with van der Waals surface area (Å²) in [6.07, 6.45) is 1.25. The lowest BCUT2D eigenvalue weighted by atomic mass is 10.1. The van der Waals surface area contributed by atoms with E-state index >= 15 is 0 Å². The van der Waals surface area contributed by atoms with E-state index in [0.29, 0.717) is 13.0 Å². The fourth-order valence-electron chi connectivity index (χ4n) is 2.39. The summed E-state index contributed by atoms with van der Waals surface area (Å²) in [5.74, 6) is 0.0578. The van der Waals surface area contributed by atoms with Gasteiger partial charge in [0.25, 0.3) is 0 Å². The van der Waals surface area contributed by atoms with Crippen LogP contribution >= 0.6 is 22.7 Å². The van der Waals surface area contributed by atoms with Gasteiger partial charge < -0.3 is 5.32 Å². The predicted molar refractivity (Wildman–Crippen MR) is 97.0 cm³/mol. The molecule has 0 aliphatic heterocycles. The van der Waals surface area contributed by atoms with Crippen molar-refractivity contribution in [1.29, 1.82) is 0 Å². The third-order valence-corrected chi connectivity index (χ3v) is 5.31. The van der Waals surface area contributed by atoms with E-state index in [1.54, 1.807) is 22.7 Å². The van der Waals surface area contributed by atoms with E-state index < -0.39 is 0 Å².